The fourth-order valence-electron chi connectivity index (χ4n) is 2.88. The van der Waals surface area contributed by atoms with Crippen LogP contribution in [0.1, 0.15) is 41.4 Å². The summed E-state index contributed by atoms with van der Waals surface area (Å²) in [7, 11) is 0. The summed E-state index contributed by atoms with van der Waals surface area (Å²) in [4.78, 5) is 15.7. The molecule has 3 rings (SSSR count). The van der Waals surface area contributed by atoms with E-state index >= 15 is 0 Å². The lowest BCUT2D eigenvalue weighted by atomic mass is 10.0. The SMILES string of the molecule is Cc1nnc(C[C@@H]2CC[C@H](NC(=O)c3ccncc3F)C2)o1. The third-order valence-corrected chi connectivity index (χ3v) is 3.92. The molecule has 0 unspecified atom stereocenters. The van der Waals surface area contributed by atoms with Gasteiger partial charge in [0.1, 0.15) is 0 Å². The van der Waals surface area contributed by atoms with Gasteiger partial charge in [0.25, 0.3) is 5.91 Å². The monoisotopic (exact) mass is 304 g/mol. The Morgan fingerprint density at radius 1 is 1.45 bits per heavy atom. The van der Waals surface area contributed by atoms with Crippen LogP contribution in [-0.4, -0.2) is 27.1 Å². The smallest absolute Gasteiger partial charge is 0.254 e. The maximum atomic E-state index is 13.5. The minimum Gasteiger partial charge on any atom is -0.426 e. The van der Waals surface area contributed by atoms with Crippen LogP contribution in [0.15, 0.2) is 22.9 Å². The quantitative estimate of drug-likeness (QED) is 0.935. The van der Waals surface area contributed by atoms with E-state index in [1.54, 1.807) is 6.92 Å². The number of hydrogen-bond donors (Lipinski definition) is 1. The van der Waals surface area contributed by atoms with Gasteiger partial charge in [-0.1, -0.05) is 0 Å². The summed E-state index contributed by atoms with van der Waals surface area (Å²) in [5.74, 6) is 0.600. The van der Waals surface area contributed by atoms with Crippen LogP contribution in [0.4, 0.5) is 4.39 Å². The average Bonchev–Trinajstić information content (AvgIpc) is 3.09. The van der Waals surface area contributed by atoms with Crippen LogP contribution >= 0.6 is 0 Å². The molecule has 1 fully saturated rings. The van der Waals surface area contributed by atoms with Gasteiger partial charge < -0.3 is 9.73 Å². The van der Waals surface area contributed by atoms with Crippen molar-refractivity contribution in [2.75, 3.05) is 0 Å². The van der Waals surface area contributed by atoms with E-state index in [4.69, 9.17) is 4.42 Å². The number of carbonyl (C=O) groups is 1. The van der Waals surface area contributed by atoms with Crippen LogP contribution in [0.25, 0.3) is 0 Å². The Labute approximate surface area is 127 Å². The lowest BCUT2D eigenvalue weighted by Crippen LogP contribution is -2.33. The zero-order valence-corrected chi connectivity index (χ0v) is 12.3. The van der Waals surface area contributed by atoms with Crippen molar-refractivity contribution >= 4 is 5.91 Å². The highest BCUT2D eigenvalue weighted by Gasteiger charge is 2.28. The van der Waals surface area contributed by atoms with E-state index < -0.39 is 5.82 Å². The summed E-state index contributed by atoms with van der Waals surface area (Å²) in [6.07, 6.45) is 5.86. The number of nitrogens with one attached hydrogen (secondary N) is 1. The summed E-state index contributed by atoms with van der Waals surface area (Å²) in [5, 5.41) is 10.7. The molecule has 22 heavy (non-hydrogen) atoms. The maximum absolute atomic E-state index is 13.5. The predicted octanol–water partition coefficient (Wildman–Crippen LogP) is 2.05. The molecule has 0 aromatic carbocycles. The van der Waals surface area contributed by atoms with E-state index in [9.17, 15) is 9.18 Å². The summed E-state index contributed by atoms with van der Waals surface area (Å²) in [6.45, 7) is 1.76. The number of rotatable bonds is 4. The fourth-order valence-corrected chi connectivity index (χ4v) is 2.88. The van der Waals surface area contributed by atoms with Gasteiger partial charge in [0, 0.05) is 25.6 Å². The number of halogens is 1. The summed E-state index contributed by atoms with van der Waals surface area (Å²) in [5.41, 5.74) is 0.0333. The zero-order chi connectivity index (χ0) is 15.5. The van der Waals surface area contributed by atoms with Crippen molar-refractivity contribution in [3.63, 3.8) is 0 Å². The van der Waals surface area contributed by atoms with Crippen molar-refractivity contribution in [3.05, 3.63) is 41.6 Å². The standard InChI is InChI=1S/C15H17FN4O2/c1-9-19-20-14(22-9)7-10-2-3-11(6-10)18-15(21)12-4-5-17-8-13(12)16/h4-5,8,10-11H,2-3,6-7H2,1H3,(H,18,21)/t10-,11+/m1/s1. The van der Waals surface area contributed by atoms with Crippen molar-refractivity contribution in [2.24, 2.45) is 5.92 Å². The normalized spacial score (nSPS) is 21.0. The number of hydrogen-bond acceptors (Lipinski definition) is 5. The first-order chi connectivity index (χ1) is 10.6. The molecule has 0 radical (unpaired) electrons. The number of aryl methyl sites for hydroxylation is 1. The highest BCUT2D eigenvalue weighted by Crippen LogP contribution is 2.28. The Kier molecular flexibility index (Phi) is 4.13. The van der Waals surface area contributed by atoms with Gasteiger partial charge in [-0.15, -0.1) is 10.2 Å². The Balaban J connectivity index is 1.55. The molecule has 1 saturated carbocycles. The number of nitrogens with zero attached hydrogens (tertiary/aromatic N) is 3. The Bertz CT molecular complexity index is 673. The molecule has 1 aliphatic rings. The van der Waals surface area contributed by atoms with Gasteiger partial charge in [-0.25, -0.2) is 4.39 Å². The van der Waals surface area contributed by atoms with Crippen molar-refractivity contribution in [3.8, 4) is 0 Å². The van der Waals surface area contributed by atoms with Crippen LogP contribution < -0.4 is 5.32 Å². The molecule has 2 heterocycles. The second kappa shape index (κ2) is 6.21. The molecule has 0 aliphatic heterocycles. The zero-order valence-electron chi connectivity index (χ0n) is 12.3. The molecule has 7 heteroatoms. The highest BCUT2D eigenvalue weighted by molar-refractivity contribution is 5.94. The van der Waals surface area contributed by atoms with Crippen molar-refractivity contribution in [1.29, 1.82) is 0 Å². The number of carbonyl (C=O) groups excluding carboxylic acids is 1. The van der Waals surface area contributed by atoms with E-state index in [-0.39, 0.29) is 17.5 Å². The predicted molar refractivity (Wildman–Crippen MR) is 75.5 cm³/mol. The van der Waals surface area contributed by atoms with Gasteiger partial charge >= 0.3 is 0 Å². The molecule has 1 amide bonds. The van der Waals surface area contributed by atoms with Gasteiger partial charge in [0.2, 0.25) is 11.8 Å². The minimum atomic E-state index is -0.601. The molecule has 116 valence electrons. The number of aromatic nitrogens is 3. The highest BCUT2D eigenvalue weighted by atomic mass is 19.1. The molecule has 1 aliphatic carbocycles. The van der Waals surface area contributed by atoms with Crippen molar-refractivity contribution in [2.45, 2.75) is 38.6 Å². The molecule has 1 N–H and O–H groups in total. The summed E-state index contributed by atoms with van der Waals surface area (Å²) < 4.78 is 18.9. The van der Waals surface area contributed by atoms with Crippen LogP contribution in [-0.2, 0) is 6.42 Å². The first-order valence-electron chi connectivity index (χ1n) is 7.31. The molecule has 0 saturated heterocycles. The first kappa shape index (κ1) is 14.6. The van der Waals surface area contributed by atoms with Crippen LogP contribution in [0.2, 0.25) is 0 Å². The Morgan fingerprint density at radius 3 is 3.05 bits per heavy atom. The molecular formula is C15H17FN4O2. The van der Waals surface area contributed by atoms with E-state index in [0.29, 0.717) is 17.7 Å². The number of amides is 1. The van der Waals surface area contributed by atoms with E-state index in [1.165, 1.54) is 12.3 Å². The van der Waals surface area contributed by atoms with E-state index in [0.717, 1.165) is 31.9 Å². The third-order valence-electron chi connectivity index (χ3n) is 3.92. The van der Waals surface area contributed by atoms with E-state index in [1.807, 2.05) is 0 Å². The second-order valence-electron chi connectivity index (χ2n) is 5.62. The lowest BCUT2D eigenvalue weighted by molar-refractivity contribution is 0.0933. The summed E-state index contributed by atoms with van der Waals surface area (Å²) in [6, 6.07) is 1.44. The fraction of sp³-hybridized carbons (Fsp3) is 0.467. The summed E-state index contributed by atoms with van der Waals surface area (Å²) >= 11 is 0. The van der Waals surface area contributed by atoms with Crippen LogP contribution in [0.3, 0.4) is 0 Å². The average molecular weight is 304 g/mol. The minimum absolute atomic E-state index is 0.0333. The molecule has 0 spiro atoms. The number of pyridine rings is 1. The molecule has 2 aromatic rings. The van der Waals surface area contributed by atoms with Crippen LogP contribution in [0.5, 0.6) is 0 Å². The Morgan fingerprint density at radius 2 is 2.32 bits per heavy atom. The topological polar surface area (TPSA) is 80.9 Å². The Hall–Kier alpha value is -2.31. The maximum Gasteiger partial charge on any atom is 0.254 e. The van der Waals surface area contributed by atoms with Crippen molar-refractivity contribution in [1.82, 2.24) is 20.5 Å². The van der Waals surface area contributed by atoms with E-state index in [2.05, 4.69) is 20.5 Å². The van der Waals surface area contributed by atoms with Crippen LogP contribution in [0, 0.1) is 18.7 Å². The van der Waals surface area contributed by atoms with Crippen molar-refractivity contribution < 1.29 is 13.6 Å². The van der Waals surface area contributed by atoms with Gasteiger partial charge in [-0.2, -0.15) is 0 Å². The van der Waals surface area contributed by atoms with Gasteiger partial charge in [-0.3, -0.25) is 9.78 Å². The van der Waals surface area contributed by atoms with Gasteiger partial charge in [-0.05, 0) is 31.2 Å². The third kappa shape index (κ3) is 3.29. The van der Waals surface area contributed by atoms with Gasteiger partial charge in [0.15, 0.2) is 5.82 Å². The molecule has 6 nitrogen and oxygen atoms in total. The molecule has 2 atom stereocenters. The molecular weight excluding hydrogens is 287 g/mol. The lowest BCUT2D eigenvalue weighted by Gasteiger charge is -2.13. The molecule has 2 aromatic heterocycles. The largest absolute Gasteiger partial charge is 0.426 e. The molecule has 0 bridgehead atoms. The second-order valence-corrected chi connectivity index (χ2v) is 5.62. The first-order valence-corrected chi connectivity index (χ1v) is 7.31. The van der Waals surface area contributed by atoms with Gasteiger partial charge in [0.05, 0.1) is 11.8 Å².